The third-order valence-corrected chi connectivity index (χ3v) is 10.9. The molecule has 0 saturated carbocycles. The van der Waals surface area contributed by atoms with Crippen LogP contribution in [-0.4, -0.2) is 75.5 Å². The summed E-state index contributed by atoms with van der Waals surface area (Å²) in [5.74, 6) is -1.29. The lowest BCUT2D eigenvalue weighted by Gasteiger charge is -2.35. The molecule has 0 unspecified atom stereocenters. The van der Waals surface area contributed by atoms with E-state index in [9.17, 15) is 24.3 Å². The number of ether oxygens (including phenoxy) is 1. The highest BCUT2D eigenvalue weighted by atomic mass is 35.5. The van der Waals surface area contributed by atoms with Gasteiger partial charge in [0.15, 0.2) is 0 Å². The number of halogens is 1. The minimum absolute atomic E-state index is 0. The quantitative estimate of drug-likeness (QED) is 0.105. The second kappa shape index (κ2) is 21.4. The Morgan fingerprint density at radius 1 is 1.00 bits per heavy atom. The first-order chi connectivity index (χ1) is 25.6. The zero-order chi connectivity index (χ0) is 39.4. The number of likely N-dealkylation sites (tertiary alicyclic amines) is 1. The van der Waals surface area contributed by atoms with Crippen LogP contribution in [0, 0.1) is 12.3 Å². The molecule has 5 atom stereocenters. The Bertz CT molecular complexity index is 1700. The number of hydrogen-bond acceptors (Lipinski definition) is 9. The maximum atomic E-state index is 13.9. The Labute approximate surface area is 335 Å². The second-order valence-electron chi connectivity index (χ2n) is 15.5. The van der Waals surface area contributed by atoms with Crippen LogP contribution in [0.15, 0.2) is 54.0 Å². The van der Waals surface area contributed by atoms with Gasteiger partial charge in [-0.25, -0.2) is 4.98 Å². The average molecular weight is 799 g/mol. The van der Waals surface area contributed by atoms with Crippen LogP contribution in [0.4, 0.5) is 0 Å². The number of carbonyl (C=O) groups excluding carboxylic acids is 4. The second-order valence-corrected chi connectivity index (χ2v) is 16.4. The van der Waals surface area contributed by atoms with Gasteiger partial charge in [0.25, 0.3) is 0 Å². The molecule has 1 aliphatic heterocycles. The smallest absolute Gasteiger partial charge is 0.246 e. The Morgan fingerprint density at radius 3 is 2.27 bits per heavy atom. The number of nitrogens with zero attached hydrogens (tertiary/aromatic N) is 2. The summed E-state index contributed by atoms with van der Waals surface area (Å²) >= 11 is 1.58. The van der Waals surface area contributed by atoms with E-state index in [-0.39, 0.29) is 80.5 Å². The van der Waals surface area contributed by atoms with E-state index in [4.69, 9.17) is 16.2 Å². The van der Waals surface area contributed by atoms with Crippen molar-refractivity contribution in [1.82, 2.24) is 20.5 Å². The van der Waals surface area contributed by atoms with Crippen molar-refractivity contribution in [3.8, 4) is 10.4 Å². The number of nitrogens with one attached hydrogen (secondary N) is 2. The van der Waals surface area contributed by atoms with Crippen molar-refractivity contribution < 1.29 is 29.0 Å². The highest BCUT2D eigenvalue weighted by Gasteiger charge is 2.44. The summed E-state index contributed by atoms with van der Waals surface area (Å²) in [6, 6.07) is 14.2. The van der Waals surface area contributed by atoms with Crippen molar-refractivity contribution >= 4 is 47.4 Å². The van der Waals surface area contributed by atoms with E-state index in [1.165, 1.54) is 10.5 Å². The van der Waals surface area contributed by atoms with Crippen LogP contribution in [0.1, 0.15) is 95.0 Å². The Hall–Kier alpha value is -3.88. The van der Waals surface area contributed by atoms with E-state index in [2.05, 4.69) is 27.8 Å². The summed E-state index contributed by atoms with van der Waals surface area (Å²) in [5.41, 5.74) is 17.7. The predicted molar refractivity (Wildman–Crippen MR) is 218 cm³/mol. The number of aliphatic hydroxyl groups is 1. The Kier molecular flexibility index (Phi) is 17.7. The van der Waals surface area contributed by atoms with E-state index in [1.54, 1.807) is 11.3 Å². The maximum Gasteiger partial charge on any atom is 0.246 e. The average Bonchev–Trinajstić information content (AvgIpc) is 3.75. The van der Waals surface area contributed by atoms with Crippen LogP contribution >= 0.6 is 23.7 Å². The molecule has 302 valence electrons. The van der Waals surface area contributed by atoms with Crippen molar-refractivity contribution in [2.45, 2.75) is 129 Å². The summed E-state index contributed by atoms with van der Waals surface area (Å²) in [4.78, 5) is 58.3. The molecule has 1 aromatic heterocycles. The zero-order valence-corrected chi connectivity index (χ0v) is 34.3. The van der Waals surface area contributed by atoms with Crippen LogP contribution in [0.5, 0.6) is 0 Å². The van der Waals surface area contributed by atoms with Crippen LogP contribution in [0.2, 0.25) is 0 Å². The number of benzene rings is 2. The van der Waals surface area contributed by atoms with Crippen LogP contribution in [0.3, 0.4) is 0 Å². The highest BCUT2D eigenvalue weighted by Crippen LogP contribution is 2.28. The third kappa shape index (κ3) is 14.0. The number of nitrogens with two attached hydrogens (primary N) is 2. The molecule has 1 saturated heterocycles. The van der Waals surface area contributed by atoms with Gasteiger partial charge in [0.05, 0.1) is 34.9 Å². The topological polar surface area (TPSA) is 190 Å². The summed E-state index contributed by atoms with van der Waals surface area (Å²) < 4.78 is 5.88. The number of unbranched alkanes of at least 4 members (excludes halogenated alkanes) is 2. The van der Waals surface area contributed by atoms with Gasteiger partial charge in [0.2, 0.25) is 23.6 Å². The van der Waals surface area contributed by atoms with Gasteiger partial charge < -0.3 is 36.8 Å². The monoisotopic (exact) mass is 798 g/mol. The van der Waals surface area contributed by atoms with Gasteiger partial charge in [-0.1, -0.05) is 75.7 Å². The largest absolute Gasteiger partial charge is 0.391 e. The molecule has 14 heteroatoms. The minimum atomic E-state index is -0.857. The van der Waals surface area contributed by atoms with Gasteiger partial charge in [0, 0.05) is 38.4 Å². The first-order valence-corrected chi connectivity index (χ1v) is 19.8. The summed E-state index contributed by atoms with van der Waals surface area (Å²) in [7, 11) is 0. The molecule has 0 spiro atoms. The molecule has 1 fully saturated rings. The van der Waals surface area contributed by atoms with Crippen LogP contribution in [-0.2, 0) is 43.5 Å². The highest BCUT2D eigenvalue weighted by molar-refractivity contribution is 7.13. The van der Waals surface area contributed by atoms with Gasteiger partial charge in [0.1, 0.15) is 12.1 Å². The number of aryl methyl sites for hydroxylation is 2. The molecule has 2 heterocycles. The normalized spacial score (nSPS) is 17.2. The first-order valence-electron chi connectivity index (χ1n) is 18.9. The zero-order valence-electron chi connectivity index (χ0n) is 32.7. The SMILES string of the molecule is Cc1ncsc1-c1ccc(CNC(=O)[C@@H]2C[C@@H](O)CN2C(=O)[C@@H](NC(=O)CCCCCc2ccc(CO[C@H](C)[C@@H](N)CCC(N)=O)cc2)C(C)(C)C)cc1.Cl. The number of thiazole rings is 1. The van der Waals surface area contributed by atoms with Crippen molar-refractivity contribution in [1.29, 1.82) is 0 Å². The van der Waals surface area contributed by atoms with Gasteiger partial charge in [-0.2, -0.15) is 0 Å². The first kappa shape index (κ1) is 45.5. The molecular formula is C41H59ClN6O6S. The van der Waals surface area contributed by atoms with E-state index in [0.29, 0.717) is 19.4 Å². The fourth-order valence-electron chi connectivity index (χ4n) is 6.50. The van der Waals surface area contributed by atoms with Gasteiger partial charge in [-0.15, -0.1) is 23.7 Å². The van der Waals surface area contributed by atoms with E-state index in [1.807, 2.05) is 76.5 Å². The summed E-state index contributed by atoms with van der Waals surface area (Å²) in [6.45, 7) is 10.3. The molecule has 3 aromatic rings. The van der Waals surface area contributed by atoms with Gasteiger partial charge in [-0.05, 0) is 67.2 Å². The summed E-state index contributed by atoms with van der Waals surface area (Å²) in [6.07, 6.45) is 3.42. The predicted octanol–water partition coefficient (Wildman–Crippen LogP) is 4.95. The van der Waals surface area contributed by atoms with Gasteiger partial charge in [-0.3, -0.25) is 19.2 Å². The number of primary amides is 1. The van der Waals surface area contributed by atoms with E-state index >= 15 is 0 Å². The fraction of sp³-hybridized carbons (Fsp3) is 0.537. The lowest BCUT2D eigenvalue weighted by Crippen LogP contribution is -2.57. The molecule has 0 radical (unpaired) electrons. The Balaban J connectivity index is 0.00000812. The molecule has 12 nitrogen and oxygen atoms in total. The number of carbonyl (C=O) groups is 4. The number of aliphatic hydroxyl groups excluding tert-OH is 1. The molecule has 4 rings (SSSR count). The molecule has 4 amide bonds. The molecule has 0 aliphatic carbocycles. The number of rotatable bonds is 19. The van der Waals surface area contributed by atoms with Crippen molar-refractivity contribution in [3.63, 3.8) is 0 Å². The molecular weight excluding hydrogens is 740 g/mol. The van der Waals surface area contributed by atoms with Crippen molar-refractivity contribution in [2.75, 3.05) is 6.54 Å². The fourth-order valence-corrected chi connectivity index (χ4v) is 7.31. The molecule has 2 aromatic carbocycles. The minimum Gasteiger partial charge on any atom is -0.391 e. The number of hydrogen-bond donors (Lipinski definition) is 5. The van der Waals surface area contributed by atoms with E-state index in [0.717, 1.165) is 46.5 Å². The lowest BCUT2D eigenvalue weighted by atomic mass is 9.85. The third-order valence-electron chi connectivity index (χ3n) is 9.94. The van der Waals surface area contributed by atoms with E-state index < -0.39 is 23.6 Å². The lowest BCUT2D eigenvalue weighted by molar-refractivity contribution is -0.144. The molecule has 7 N–H and O–H groups in total. The van der Waals surface area contributed by atoms with Gasteiger partial charge >= 0.3 is 0 Å². The Morgan fingerprint density at radius 2 is 1.65 bits per heavy atom. The van der Waals surface area contributed by atoms with Crippen LogP contribution < -0.4 is 22.1 Å². The number of β-amino-alcohol motifs (C(OH)–C–C–N with tert-alkyl or cyclic N) is 1. The van der Waals surface area contributed by atoms with Crippen molar-refractivity contribution in [2.24, 2.45) is 16.9 Å². The molecule has 0 bridgehead atoms. The number of aromatic nitrogens is 1. The molecule has 1 aliphatic rings. The standard InChI is InChI=1S/C41H58N6O6S.ClH/c1-26-37(54-25-45-26)31-17-15-29(16-18-31)22-44-39(51)34-21-32(48)23-47(34)40(52)38(41(3,4)5)46-36(50)10-8-6-7-9-28-11-13-30(14-12-28)24-53-27(2)33(42)19-20-35(43)49;/h11-18,25,27,32-34,38,48H,6-10,19-24,42H2,1-5H3,(H2,43,49)(H,44,51)(H,46,50);1H/t27-,32-,33+,34+,38-;/m1./s1. The maximum absolute atomic E-state index is 13.9. The number of amides is 4. The van der Waals surface area contributed by atoms with Crippen molar-refractivity contribution in [3.05, 3.63) is 76.4 Å². The van der Waals surface area contributed by atoms with Crippen LogP contribution in [0.25, 0.3) is 10.4 Å². The summed E-state index contributed by atoms with van der Waals surface area (Å²) in [5, 5.41) is 16.4. The molecule has 55 heavy (non-hydrogen) atoms.